The lowest BCUT2D eigenvalue weighted by Crippen LogP contribution is -2.31. The molecule has 0 fully saturated rings. The van der Waals surface area contributed by atoms with Crippen molar-refractivity contribution in [1.82, 2.24) is 10.4 Å². The van der Waals surface area contributed by atoms with Crippen molar-refractivity contribution in [1.29, 1.82) is 0 Å². The summed E-state index contributed by atoms with van der Waals surface area (Å²) in [6.07, 6.45) is 2.06. The maximum atomic E-state index is 5.49. The van der Waals surface area contributed by atoms with Crippen LogP contribution >= 0.6 is 11.3 Å². The van der Waals surface area contributed by atoms with Gasteiger partial charge in [0.15, 0.2) is 0 Å². The number of nitrogens with zero attached hydrogens (tertiary/aromatic N) is 1. The van der Waals surface area contributed by atoms with E-state index in [9.17, 15) is 0 Å². The molecule has 0 saturated heterocycles. The van der Waals surface area contributed by atoms with Gasteiger partial charge in [0.05, 0.1) is 23.8 Å². The van der Waals surface area contributed by atoms with E-state index in [4.69, 9.17) is 10.6 Å². The van der Waals surface area contributed by atoms with Gasteiger partial charge in [0, 0.05) is 11.1 Å². The third kappa shape index (κ3) is 3.34. The molecule has 0 amide bonds. The van der Waals surface area contributed by atoms with Crippen LogP contribution in [0, 0.1) is 6.92 Å². The molecular weight excluding hydrogens is 198 g/mol. The molecule has 80 valence electrons. The molecule has 1 aromatic rings. The predicted molar refractivity (Wildman–Crippen MR) is 58.0 cm³/mol. The molecule has 0 aliphatic carbocycles. The molecule has 0 aliphatic heterocycles. The Labute approximate surface area is 88.5 Å². The van der Waals surface area contributed by atoms with Crippen molar-refractivity contribution in [2.75, 3.05) is 6.61 Å². The highest BCUT2D eigenvalue weighted by Crippen LogP contribution is 2.20. The molecule has 14 heavy (non-hydrogen) atoms. The lowest BCUT2D eigenvalue weighted by atomic mass is 10.3. The zero-order valence-electron chi connectivity index (χ0n) is 8.78. The van der Waals surface area contributed by atoms with Crippen molar-refractivity contribution >= 4 is 11.3 Å². The Kier molecular flexibility index (Phi) is 4.47. The Morgan fingerprint density at radius 1 is 1.64 bits per heavy atom. The molecule has 0 bridgehead atoms. The molecule has 4 nitrogen and oxygen atoms in total. The van der Waals surface area contributed by atoms with Crippen molar-refractivity contribution < 1.29 is 4.74 Å². The van der Waals surface area contributed by atoms with Crippen LogP contribution in [-0.2, 0) is 4.74 Å². The Bertz CT molecular complexity index is 275. The van der Waals surface area contributed by atoms with E-state index in [1.807, 2.05) is 27.0 Å². The summed E-state index contributed by atoms with van der Waals surface area (Å²) in [5.74, 6) is 5.45. The van der Waals surface area contributed by atoms with Gasteiger partial charge in [0.2, 0.25) is 0 Å². The monoisotopic (exact) mass is 215 g/mol. The Morgan fingerprint density at radius 3 is 2.79 bits per heavy atom. The standard InChI is InChI=1S/C9H17N3OS/c1-6(2)13-5-8(12-10)9-4-11-7(3)14-9/h4,6,8,12H,5,10H2,1-3H3. The SMILES string of the molecule is Cc1ncc(C(COC(C)C)NN)s1. The zero-order valence-corrected chi connectivity index (χ0v) is 9.60. The van der Waals surface area contributed by atoms with E-state index >= 15 is 0 Å². The zero-order chi connectivity index (χ0) is 10.6. The fourth-order valence-corrected chi connectivity index (χ4v) is 1.87. The van der Waals surface area contributed by atoms with Crippen LogP contribution < -0.4 is 11.3 Å². The molecule has 1 rings (SSSR count). The minimum Gasteiger partial charge on any atom is -0.377 e. The second kappa shape index (κ2) is 5.41. The largest absolute Gasteiger partial charge is 0.377 e. The highest BCUT2D eigenvalue weighted by atomic mass is 32.1. The molecule has 0 spiro atoms. The minimum atomic E-state index is 0.0450. The first-order valence-corrected chi connectivity index (χ1v) is 5.45. The normalized spacial score (nSPS) is 13.5. The third-order valence-corrected chi connectivity index (χ3v) is 2.81. The number of aryl methyl sites for hydroxylation is 1. The van der Waals surface area contributed by atoms with Crippen LogP contribution in [0.3, 0.4) is 0 Å². The number of hydrogen-bond acceptors (Lipinski definition) is 5. The van der Waals surface area contributed by atoms with Gasteiger partial charge in [-0.2, -0.15) is 0 Å². The van der Waals surface area contributed by atoms with Gasteiger partial charge in [-0.3, -0.25) is 5.84 Å². The molecule has 1 aromatic heterocycles. The van der Waals surface area contributed by atoms with Crippen LogP contribution in [0.2, 0.25) is 0 Å². The quantitative estimate of drug-likeness (QED) is 0.575. The average Bonchev–Trinajstić information content (AvgIpc) is 2.53. The van der Waals surface area contributed by atoms with Gasteiger partial charge in [0.1, 0.15) is 0 Å². The second-order valence-corrected chi connectivity index (χ2v) is 4.65. The van der Waals surface area contributed by atoms with Gasteiger partial charge >= 0.3 is 0 Å². The van der Waals surface area contributed by atoms with E-state index in [0.717, 1.165) is 9.88 Å². The summed E-state index contributed by atoms with van der Waals surface area (Å²) < 4.78 is 5.49. The summed E-state index contributed by atoms with van der Waals surface area (Å²) in [7, 11) is 0. The number of hydrogen-bond donors (Lipinski definition) is 2. The molecule has 5 heteroatoms. The predicted octanol–water partition coefficient (Wildman–Crippen LogP) is 1.38. The van der Waals surface area contributed by atoms with E-state index in [-0.39, 0.29) is 12.1 Å². The number of hydrazine groups is 1. The summed E-state index contributed by atoms with van der Waals surface area (Å²) in [6, 6.07) is 0.0450. The molecule has 0 saturated carbocycles. The minimum absolute atomic E-state index is 0.0450. The van der Waals surface area contributed by atoms with Crippen LogP contribution in [0.4, 0.5) is 0 Å². The summed E-state index contributed by atoms with van der Waals surface area (Å²) in [4.78, 5) is 5.30. The molecule has 0 aliphatic rings. The lowest BCUT2D eigenvalue weighted by Gasteiger charge is -2.15. The number of ether oxygens (including phenoxy) is 1. The lowest BCUT2D eigenvalue weighted by molar-refractivity contribution is 0.0617. The van der Waals surface area contributed by atoms with Gasteiger partial charge in [-0.15, -0.1) is 11.3 Å². The Hall–Kier alpha value is -0.490. The van der Waals surface area contributed by atoms with Crippen molar-refractivity contribution in [3.8, 4) is 0 Å². The highest BCUT2D eigenvalue weighted by Gasteiger charge is 2.13. The van der Waals surface area contributed by atoms with Gasteiger partial charge in [-0.25, -0.2) is 10.4 Å². The maximum Gasteiger partial charge on any atom is 0.0897 e. The number of nitrogens with one attached hydrogen (secondary N) is 1. The van der Waals surface area contributed by atoms with Crippen LogP contribution in [0.1, 0.15) is 29.8 Å². The molecule has 3 N–H and O–H groups in total. The second-order valence-electron chi connectivity index (χ2n) is 3.38. The van der Waals surface area contributed by atoms with Crippen molar-refractivity contribution in [3.05, 3.63) is 16.1 Å². The number of aromatic nitrogens is 1. The molecule has 0 radical (unpaired) electrons. The van der Waals surface area contributed by atoms with Crippen molar-refractivity contribution in [3.63, 3.8) is 0 Å². The van der Waals surface area contributed by atoms with Crippen LogP contribution in [0.5, 0.6) is 0 Å². The van der Waals surface area contributed by atoms with Gasteiger partial charge in [-0.05, 0) is 20.8 Å². The first kappa shape index (κ1) is 11.6. The van der Waals surface area contributed by atoms with Gasteiger partial charge in [0.25, 0.3) is 0 Å². The smallest absolute Gasteiger partial charge is 0.0897 e. The summed E-state index contributed by atoms with van der Waals surface area (Å²) in [5, 5.41) is 1.05. The fraction of sp³-hybridized carbons (Fsp3) is 0.667. The average molecular weight is 215 g/mol. The summed E-state index contributed by atoms with van der Waals surface area (Å²) in [5.41, 5.74) is 2.73. The topological polar surface area (TPSA) is 60.2 Å². The van der Waals surface area contributed by atoms with Crippen LogP contribution in [-0.4, -0.2) is 17.7 Å². The Balaban J connectivity index is 2.54. The summed E-state index contributed by atoms with van der Waals surface area (Å²) in [6.45, 7) is 6.57. The van der Waals surface area contributed by atoms with E-state index in [2.05, 4.69) is 10.4 Å². The van der Waals surface area contributed by atoms with Gasteiger partial charge in [-0.1, -0.05) is 0 Å². The Morgan fingerprint density at radius 2 is 2.36 bits per heavy atom. The third-order valence-electron chi connectivity index (χ3n) is 1.78. The maximum absolute atomic E-state index is 5.49. The highest BCUT2D eigenvalue weighted by molar-refractivity contribution is 7.11. The van der Waals surface area contributed by atoms with Crippen LogP contribution in [0.15, 0.2) is 6.20 Å². The molecule has 1 heterocycles. The molecule has 0 aromatic carbocycles. The first-order chi connectivity index (χ1) is 6.63. The van der Waals surface area contributed by atoms with Crippen molar-refractivity contribution in [2.24, 2.45) is 5.84 Å². The number of rotatable bonds is 5. The van der Waals surface area contributed by atoms with E-state index in [1.165, 1.54) is 0 Å². The van der Waals surface area contributed by atoms with Gasteiger partial charge < -0.3 is 4.74 Å². The number of thiazole rings is 1. The van der Waals surface area contributed by atoms with E-state index in [0.29, 0.717) is 6.61 Å². The first-order valence-electron chi connectivity index (χ1n) is 4.63. The van der Waals surface area contributed by atoms with E-state index in [1.54, 1.807) is 11.3 Å². The molecule has 1 atom stereocenters. The fourth-order valence-electron chi connectivity index (χ4n) is 1.04. The summed E-state index contributed by atoms with van der Waals surface area (Å²) >= 11 is 1.64. The van der Waals surface area contributed by atoms with Crippen LogP contribution in [0.25, 0.3) is 0 Å². The van der Waals surface area contributed by atoms with Crippen molar-refractivity contribution in [2.45, 2.75) is 32.9 Å². The number of nitrogens with two attached hydrogens (primary N) is 1. The molecular formula is C9H17N3OS. The molecule has 1 unspecified atom stereocenters. The van der Waals surface area contributed by atoms with E-state index < -0.39 is 0 Å².